The number of rotatable bonds is 2. The summed E-state index contributed by atoms with van der Waals surface area (Å²) in [5.41, 5.74) is 2.69. The Morgan fingerprint density at radius 3 is 2.25 bits per heavy atom. The van der Waals surface area contributed by atoms with Crippen LogP contribution >= 0.6 is 24.8 Å². The van der Waals surface area contributed by atoms with Gasteiger partial charge in [-0.05, 0) is 12.0 Å². The molecule has 1 aromatic carbocycles. The molecule has 0 aromatic heterocycles. The van der Waals surface area contributed by atoms with Crippen LogP contribution in [0.3, 0.4) is 0 Å². The van der Waals surface area contributed by atoms with Crippen molar-refractivity contribution in [3.05, 3.63) is 59.7 Å². The van der Waals surface area contributed by atoms with Gasteiger partial charge in [-0.15, -0.1) is 31.2 Å². The van der Waals surface area contributed by atoms with Crippen LogP contribution in [-0.2, 0) is 27.5 Å². The van der Waals surface area contributed by atoms with Gasteiger partial charge in [0.2, 0.25) is 0 Å². The second-order valence-corrected chi connectivity index (χ2v) is 2.97. The first-order valence-corrected chi connectivity index (χ1v) is 5.00. The Balaban J connectivity index is 0. The van der Waals surface area contributed by atoms with E-state index in [1.165, 1.54) is 11.1 Å². The molecule has 1 aromatic rings. The molecule has 0 saturated heterocycles. The molecule has 0 radical (unpaired) electrons. The molecule has 0 saturated carbocycles. The summed E-state index contributed by atoms with van der Waals surface area (Å²) in [6.45, 7) is 0. The van der Waals surface area contributed by atoms with E-state index < -0.39 is 0 Å². The molecule has 87 valence electrons. The number of hydrogen-bond acceptors (Lipinski definition) is 1. The molecule has 1 aliphatic carbocycles. The molecule has 0 amide bonds. The van der Waals surface area contributed by atoms with E-state index in [0.717, 1.165) is 30.2 Å². The van der Waals surface area contributed by atoms with Gasteiger partial charge >= 0.3 is 21.0 Å². The van der Waals surface area contributed by atoms with Gasteiger partial charge in [0.25, 0.3) is 0 Å². The monoisotopic (exact) mass is 294 g/mol. The molecular weight excluding hydrogens is 282 g/mol. The maximum atomic E-state index is 8.19. The standard InChI is InChI=1S/C12H11.2ClH.O.V/c1-2-6-11(7-3-1)10-12-8-4-5-9-12;;;;/h1-4,6-8H,5,10H2;2*1H;;/q-1;;;;. The third-order valence-electron chi connectivity index (χ3n) is 2.00. The van der Waals surface area contributed by atoms with Gasteiger partial charge in [-0.25, -0.2) is 11.6 Å². The average molecular weight is 295 g/mol. The second-order valence-electron chi connectivity index (χ2n) is 2.97. The summed E-state index contributed by atoms with van der Waals surface area (Å²) in [7, 11) is 0. The Labute approximate surface area is 118 Å². The predicted octanol–water partition coefficient (Wildman–Crippen LogP) is 3.64. The van der Waals surface area contributed by atoms with Crippen LogP contribution in [0.5, 0.6) is 0 Å². The predicted molar refractivity (Wildman–Crippen MR) is 65.8 cm³/mol. The van der Waals surface area contributed by atoms with E-state index in [1.54, 1.807) is 0 Å². The van der Waals surface area contributed by atoms with E-state index >= 15 is 0 Å². The second kappa shape index (κ2) is 11.2. The van der Waals surface area contributed by atoms with E-state index in [4.69, 9.17) is 3.67 Å². The zero-order valence-electron chi connectivity index (χ0n) is 8.63. The van der Waals surface area contributed by atoms with Crippen LogP contribution in [0, 0.1) is 6.08 Å². The summed E-state index contributed by atoms with van der Waals surface area (Å²) in [5, 5.41) is 0. The number of allylic oxidation sites excluding steroid dienone is 4. The zero-order valence-corrected chi connectivity index (χ0v) is 11.7. The van der Waals surface area contributed by atoms with Crippen molar-refractivity contribution in [3.8, 4) is 0 Å². The van der Waals surface area contributed by atoms with Crippen molar-refractivity contribution in [3.63, 3.8) is 0 Å². The zero-order chi connectivity index (χ0) is 10.2. The topological polar surface area (TPSA) is 17.1 Å². The molecule has 0 atom stereocenters. The summed E-state index contributed by atoms with van der Waals surface area (Å²) >= 11 is 1.06. The third kappa shape index (κ3) is 6.29. The Morgan fingerprint density at radius 2 is 1.75 bits per heavy atom. The molecular formula is C12H13Cl2OV-. The average Bonchev–Trinajstić information content (AvgIpc) is 2.75. The van der Waals surface area contributed by atoms with Crippen LogP contribution in [0.2, 0.25) is 0 Å². The van der Waals surface area contributed by atoms with E-state index in [9.17, 15) is 0 Å². The maximum absolute atomic E-state index is 8.19. The molecule has 0 heterocycles. The van der Waals surface area contributed by atoms with Crippen LogP contribution in [0.25, 0.3) is 0 Å². The Morgan fingerprint density at radius 1 is 1.12 bits per heavy atom. The molecule has 2 rings (SSSR count). The van der Waals surface area contributed by atoms with Crippen molar-refractivity contribution < 1.29 is 21.0 Å². The van der Waals surface area contributed by atoms with Crippen molar-refractivity contribution in [2.24, 2.45) is 0 Å². The van der Waals surface area contributed by atoms with E-state index in [1.807, 2.05) is 6.07 Å². The van der Waals surface area contributed by atoms with E-state index in [-0.39, 0.29) is 24.8 Å². The first kappa shape index (κ1) is 18.0. The fourth-order valence-corrected chi connectivity index (χ4v) is 1.39. The van der Waals surface area contributed by atoms with Crippen LogP contribution in [0.1, 0.15) is 12.0 Å². The number of benzene rings is 1. The molecule has 4 heteroatoms. The Kier molecular flexibility index (Phi) is 12.6. The van der Waals surface area contributed by atoms with Gasteiger partial charge in [0.15, 0.2) is 0 Å². The van der Waals surface area contributed by atoms with Gasteiger partial charge in [0.05, 0.1) is 0 Å². The van der Waals surface area contributed by atoms with Crippen molar-refractivity contribution in [1.82, 2.24) is 0 Å². The van der Waals surface area contributed by atoms with Gasteiger partial charge in [0, 0.05) is 0 Å². The van der Waals surface area contributed by atoms with Gasteiger partial charge in [-0.3, -0.25) is 6.08 Å². The van der Waals surface area contributed by atoms with Crippen molar-refractivity contribution in [2.75, 3.05) is 0 Å². The Hall–Kier alpha value is -0.336. The molecule has 16 heavy (non-hydrogen) atoms. The van der Waals surface area contributed by atoms with Crippen LogP contribution in [-0.4, -0.2) is 0 Å². The minimum atomic E-state index is 0. The summed E-state index contributed by atoms with van der Waals surface area (Å²) in [6.07, 6.45) is 9.63. The molecule has 0 unspecified atom stereocenters. The summed E-state index contributed by atoms with van der Waals surface area (Å²) in [6, 6.07) is 10.5. The molecule has 0 fully saturated rings. The SMILES string of the molecule is Cl.Cl.[C-]1=C(Cc2ccccc2)C=CC1.[O]=[V]. The minimum absolute atomic E-state index is 0. The fourth-order valence-electron chi connectivity index (χ4n) is 1.39. The third-order valence-corrected chi connectivity index (χ3v) is 2.00. The van der Waals surface area contributed by atoms with E-state index in [2.05, 4.69) is 42.5 Å². The van der Waals surface area contributed by atoms with Crippen molar-refractivity contribution in [1.29, 1.82) is 0 Å². The molecule has 0 bridgehead atoms. The van der Waals surface area contributed by atoms with Crippen LogP contribution in [0.15, 0.2) is 48.1 Å². The number of halogens is 2. The molecule has 0 spiro atoms. The van der Waals surface area contributed by atoms with Gasteiger partial charge in [0.1, 0.15) is 0 Å². The molecule has 1 aliphatic rings. The van der Waals surface area contributed by atoms with Gasteiger partial charge in [-0.1, -0.05) is 30.3 Å². The normalized spacial score (nSPS) is 11.3. The van der Waals surface area contributed by atoms with Crippen LogP contribution in [0.4, 0.5) is 0 Å². The number of hydrogen-bond donors (Lipinski definition) is 0. The summed E-state index contributed by atoms with van der Waals surface area (Å²) in [4.78, 5) is 0. The first-order chi connectivity index (χ1) is 6.95. The summed E-state index contributed by atoms with van der Waals surface area (Å²) in [5.74, 6) is 0. The van der Waals surface area contributed by atoms with Crippen molar-refractivity contribution >= 4 is 24.8 Å². The first-order valence-electron chi connectivity index (χ1n) is 4.43. The fraction of sp³-hybridized carbons (Fsp3) is 0.167. The summed E-state index contributed by atoms with van der Waals surface area (Å²) < 4.78 is 8.19. The quantitative estimate of drug-likeness (QED) is 0.761. The van der Waals surface area contributed by atoms with Crippen molar-refractivity contribution in [2.45, 2.75) is 12.8 Å². The van der Waals surface area contributed by atoms with Crippen LogP contribution < -0.4 is 0 Å². The molecule has 0 aliphatic heterocycles. The van der Waals surface area contributed by atoms with E-state index in [0.29, 0.717) is 0 Å². The molecule has 1 nitrogen and oxygen atoms in total. The van der Waals surface area contributed by atoms with Gasteiger partial charge in [-0.2, -0.15) is 6.08 Å². The van der Waals surface area contributed by atoms with Gasteiger partial charge < -0.3 is 0 Å². The Bertz CT molecular complexity index is 336. The molecule has 0 N–H and O–H groups in total.